The fourth-order valence-electron chi connectivity index (χ4n) is 1.50. The highest BCUT2D eigenvalue weighted by Gasteiger charge is 2.38. The first kappa shape index (κ1) is 12.4. The smallest absolute Gasteiger partial charge is 0.368 e. The molecule has 1 amide bonds. The van der Waals surface area contributed by atoms with Crippen LogP contribution in [0.4, 0.5) is 18.9 Å². The Bertz CT molecular complexity index is 479. The van der Waals surface area contributed by atoms with Gasteiger partial charge in [-0.05, 0) is 24.3 Å². The van der Waals surface area contributed by atoms with E-state index < -0.39 is 12.1 Å². The number of halogens is 3. The minimum absolute atomic E-state index is 0.0969. The molecule has 0 atom stereocenters. The van der Waals surface area contributed by atoms with E-state index in [1.54, 1.807) is 17.4 Å². The summed E-state index contributed by atoms with van der Waals surface area (Å²) in [6.07, 6.45) is -4.88. The Kier molecular flexibility index (Phi) is 3.22. The lowest BCUT2D eigenvalue weighted by Gasteiger charge is -2.08. The number of nitrogens with zero attached hydrogens (tertiary/aromatic N) is 1. The molecule has 1 aromatic carbocycles. The summed E-state index contributed by atoms with van der Waals surface area (Å²) in [4.78, 5) is 14.9. The van der Waals surface area contributed by atoms with Gasteiger partial charge >= 0.3 is 12.1 Å². The highest BCUT2D eigenvalue weighted by molar-refractivity contribution is 6.00. The number of benzene rings is 1. The molecule has 7 heteroatoms. The standard InChI is InChI=1S/C11H10F3N3O/c12-11(13,14)10(18)17-8-3-1-7(2-4-8)9-15-5-6-16-9/h1-4H,5-6H2,(H,15,16)(H,17,18). The molecular weight excluding hydrogens is 247 g/mol. The monoisotopic (exact) mass is 257 g/mol. The summed E-state index contributed by atoms with van der Waals surface area (Å²) in [7, 11) is 0. The van der Waals surface area contributed by atoms with Gasteiger partial charge in [-0.3, -0.25) is 9.79 Å². The van der Waals surface area contributed by atoms with Gasteiger partial charge < -0.3 is 10.6 Å². The Morgan fingerprint density at radius 1 is 1.28 bits per heavy atom. The van der Waals surface area contributed by atoms with Crippen molar-refractivity contribution < 1.29 is 18.0 Å². The second-order valence-electron chi connectivity index (χ2n) is 3.69. The highest BCUT2D eigenvalue weighted by atomic mass is 19.4. The summed E-state index contributed by atoms with van der Waals surface area (Å²) in [5, 5.41) is 4.82. The number of amides is 1. The molecule has 1 heterocycles. The third-order valence-electron chi connectivity index (χ3n) is 2.35. The van der Waals surface area contributed by atoms with Gasteiger partial charge in [-0.25, -0.2) is 0 Å². The minimum atomic E-state index is -4.88. The van der Waals surface area contributed by atoms with Gasteiger partial charge in [0.1, 0.15) is 5.84 Å². The summed E-state index contributed by atoms with van der Waals surface area (Å²) in [5.41, 5.74) is 0.872. The van der Waals surface area contributed by atoms with E-state index in [0.29, 0.717) is 12.4 Å². The molecule has 96 valence electrons. The molecule has 0 unspecified atom stereocenters. The minimum Gasteiger partial charge on any atom is -0.368 e. The van der Waals surface area contributed by atoms with Crippen molar-refractivity contribution in [2.45, 2.75) is 6.18 Å². The summed E-state index contributed by atoms with van der Waals surface area (Å²) >= 11 is 0. The zero-order valence-corrected chi connectivity index (χ0v) is 9.21. The van der Waals surface area contributed by atoms with Gasteiger partial charge in [0, 0.05) is 17.8 Å². The lowest BCUT2D eigenvalue weighted by atomic mass is 10.2. The molecule has 1 aliphatic heterocycles. The molecule has 0 aliphatic carbocycles. The van der Waals surface area contributed by atoms with Crippen LogP contribution in [0.25, 0.3) is 0 Å². The van der Waals surface area contributed by atoms with E-state index in [2.05, 4.69) is 10.3 Å². The van der Waals surface area contributed by atoms with Crippen LogP contribution in [0.1, 0.15) is 5.56 Å². The van der Waals surface area contributed by atoms with E-state index in [0.717, 1.165) is 12.1 Å². The number of hydrogen-bond acceptors (Lipinski definition) is 3. The predicted molar refractivity (Wildman–Crippen MR) is 60.5 cm³/mol. The van der Waals surface area contributed by atoms with Crippen LogP contribution in [0, 0.1) is 0 Å². The fraction of sp³-hybridized carbons (Fsp3) is 0.273. The first-order chi connectivity index (χ1) is 8.47. The SMILES string of the molecule is O=C(Nc1ccc(C2=NCCN2)cc1)C(F)(F)F. The number of nitrogens with one attached hydrogen (secondary N) is 2. The van der Waals surface area contributed by atoms with Crippen LogP contribution >= 0.6 is 0 Å². The Balaban J connectivity index is 2.06. The van der Waals surface area contributed by atoms with Crippen molar-refractivity contribution in [3.8, 4) is 0 Å². The molecule has 0 bridgehead atoms. The van der Waals surface area contributed by atoms with Gasteiger partial charge in [0.05, 0.1) is 6.54 Å². The van der Waals surface area contributed by atoms with E-state index in [1.165, 1.54) is 12.1 Å². The third kappa shape index (κ3) is 2.79. The van der Waals surface area contributed by atoms with Crippen molar-refractivity contribution in [2.75, 3.05) is 18.4 Å². The Hall–Kier alpha value is -2.05. The first-order valence-electron chi connectivity index (χ1n) is 5.24. The highest BCUT2D eigenvalue weighted by Crippen LogP contribution is 2.18. The Labute approximate surface area is 101 Å². The predicted octanol–water partition coefficient (Wildman–Crippen LogP) is 1.54. The van der Waals surface area contributed by atoms with Gasteiger partial charge in [-0.1, -0.05) is 0 Å². The van der Waals surface area contributed by atoms with Gasteiger partial charge in [0.15, 0.2) is 0 Å². The molecule has 0 saturated carbocycles. The molecule has 1 aromatic rings. The van der Waals surface area contributed by atoms with Crippen LogP contribution in [-0.4, -0.2) is 31.0 Å². The number of alkyl halides is 3. The van der Waals surface area contributed by atoms with Crippen molar-refractivity contribution in [3.63, 3.8) is 0 Å². The van der Waals surface area contributed by atoms with Crippen molar-refractivity contribution in [2.24, 2.45) is 4.99 Å². The van der Waals surface area contributed by atoms with Gasteiger partial charge in [-0.15, -0.1) is 0 Å². The Morgan fingerprint density at radius 3 is 2.44 bits per heavy atom. The molecule has 2 rings (SSSR count). The topological polar surface area (TPSA) is 53.5 Å². The van der Waals surface area contributed by atoms with Crippen molar-refractivity contribution >= 4 is 17.4 Å². The van der Waals surface area contributed by atoms with Crippen LogP contribution in [-0.2, 0) is 4.79 Å². The van der Waals surface area contributed by atoms with E-state index in [9.17, 15) is 18.0 Å². The molecule has 4 nitrogen and oxygen atoms in total. The van der Waals surface area contributed by atoms with Gasteiger partial charge in [-0.2, -0.15) is 13.2 Å². The molecule has 18 heavy (non-hydrogen) atoms. The molecule has 1 aliphatic rings. The number of rotatable bonds is 2. The quantitative estimate of drug-likeness (QED) is 0.844. The Morgan fingerprint density at radius 2 is 1.94 bits per heavy atom. The van der Waals surface area contributed by atoms with Crippen molar-refractivity contribution in [1.29, 1.82) is 0 Å². The maximum absolute atomic E-state index is 12.0. The van der Waals surface area contributed by atoms with E-state index in [-0.39, 0.29) is 5.69 Å². The second kappa shape index (κ2) is 4.67. The molecule has 0 spiro atoms. The zero-order chi connectivity index (χ0) is 13.2. The van der Waals surface area contributed by atoms with Crippen LogP contribution in [0.5, 0.6) is 0 Å². The number of anilines is 1. The van der Waals surface area contributed by atoms with Crippen LogP contribution < -0.4 is 10.6 Å². The zero-order valence-electron chi connectivity index (χ0n) is 9.21. The van der Waals surface area contributed by atoms with E-state index in [4.69, 9.17) is 0 Å². The van der Waals surface area contributed by atoms with Crippen molar-refractivity contribution in [3.05, 3.63) is 29.8 Å². The molecule has 2 N–H and O–H groups in total. The molecule has 0 radical (unpaired) electrons. The number of hydrogen-bond donors (Lipinski definition) is 2. The molecule has 0 aromatic heterocycles. The number of amidine groups is 1. The van der Waals surface area contributed by atoms with Crippen molar-refractivity contribution in [1.82, 2.24) is 5.32 Å². The van der Waals surface area contributed by atoms with Gasteiger partial charge in [0.25, 0.3) is 0 Å². The summed E-state index contributed by atoms with van der Waals surface area (Å²) < 4.78 is 36.1. The normalized spacial score (nSPS) is 14.9. The second-order valence-corrected chi connectivity index (χ2v) is 3.69. The molecular formula is C11H10F3N3O. The van der Waals surface area contributed by atoms with Crippen LogP contribution in [0.2, 0.25) is 0 Å². The third-order valence-corrected chi connectivity index (χ3v) is 2.35. The number of aliphatic imine (C=N–C) groups is 1. The number of carbonyl (C=O) groups excluding carboxylic acids is 1. The van der Waals surface area contributed by atoms with Crippen LogP contribution in [0.3, 0.4) is 0 Å². The molecule has 0 saturated heterocycles. The summed E-state index contributed by atoms with van der Waals surface area (Å²) in [5.74, 6) is -1.27. The van der Waals surface area contributed by atoms with E-state index in [1.807, 2.05) is 0 Å². The average Bonchev–Trinajstić information content (AvgIpc) is 2.82. The van der Waals surface area contributed by atoms with Crippen LogP contribution in [0.15, 0.2) is 29.3 Å². The lowest BCUT2D eigenvalue weighted by molar-refractivity contribution is -0.167. The van der Waals surface area contributed by atoms with Gasteiger partial charge in [0.2, 0.25) is 0 Å². The largest absolute Gasteiger partial charge is 0.471 e. The first-order valence-corrected chi connectivity index (χ1v) is 5.24. The average molecular weight is 257 g/mol. The lowest BCUT2D eigenvalue weighted by Crippen LogP contribution is -2.29. The maximum Gasteiger partial charge on any atom is 0.471 e. The maximum atomic E-state index is 12.0. The summed E-state index contributed by atoms with van der Waals surface area (Å²) in [6.45, 7) is 1.43. The van der Waals surface area contributed by atoms with E-state index >= 15 is 0 Å². The fourth-order valence-corrected chi connectivity index (χ4v) is 1.50. The number of carbonyl (C=O) groups is 1. The summed E-state index contributed by atoms with van der Waals surface area (Å²) in [6, 6.07) is 6.01. The molecule has 0 fully saturated rings.